The van der Waals surface area contributed by atoms with Crippen molar-refractivity contribution in [3.8, 4) is 5.75 Å². The number of carboxylic acids is 1. The SMILES string of the molecule is CC[C@H](C)Oc1cccc(C(=O)Nc2cc(C(=O)O)c(Cl)cc2Cl)c1. The molecule has 132 valence electrons. The largest absolute Gasteiger partial charge is 0.491 e. The summed E-state index contributed by atoms with van der Waals surface area (Å²) in [5.74, 6) is -1.06. The van der Waals surface area contributed by atoms with E-state index >= 15 is 0 Å². The van der Waals surface area contributed by atoms with E-state index in [2.05, 4.69) is 5.32 Å². The van der Waals surface area contributed by atoms with Gasteiger partial charge in [0.25, 0.3) is 5.91 Å². The summed E-state index contributed by atoms with van der Waals surface area (Å²) in [5.41, 5.74) is 0.389. The van der Waals surface area contributed by atoms with E-state index in [0.29, 0.717) is 11.3 Å². The first kappa shape index (κ1) is 19.1. The summed E-state index contributed by atoms with van der Waals surface area (Å²) < 4.78 is 5.69. The molecule has 0 unspecified atom stereocenters. The lowest BCUT2D eigenvalue weighted by Gasteiger charge is -2.14. The Kier molecular flexibility index (Phi) is 6.28. The molecule has 25 heavy (non-hydrogen) atoms. The Hall–Kier alpha value is -2.24. The lowest BCUT2D eigenvalue weighted by Crippen LogP contribution is -2.14. The smallest absolute Gasteiger partial charge is 0.337 e. The fourth-order valence-corrected chi connectivity index (χ4v) is 2.54. The molecule has 2 aromatic carbocycles. The monoisotopic (exact) mass is 381 g/mol. The summed E-state index contributed by atoms with van der Waals surface area (Å²) in [6.45, 7) is 3.94. The van der Waals surface area contributed by atoms with Crippen LogP contribution in [0.4, 0.5) is 5.69 Å². The number of benzene rings is 2. The van der Waals surface area contributed by atoms with E-state index in [1.165, 1.54) is 12.1 Å². The normalized spacial score (nSPS) is 11.7. The highest BCUT2D eigenvalue weighted by atomic mass is 35.5. The van der Waals surface area contributed by atoms with Gasteiger partial charge in [-0.05, 0) is 43.7 Å². The van der Waals surface area contributed by atoms with Crippen LogP contribution in [-0.4, -0.2) is 23.1 Å². The number of carbonyl (C=O) groups excluding carboxylic acids is 1. The molecule has 0 saturated carbocycles. The number of ether oxygens (including phenoxy) is 1. The van der Waals surface area contributed by atoms with Crippen molar-refractivity contribution in [1.82, 2.24) is 0 Å². The fourth-order valence-electron chi connectivity index (χ4n) is 2.03. The van der Waals surface area contributed by atoms with Crippen molar-refractivity contribution in [1.29, 1.82) is 0 Å². The lowest BCUT2D eigenvalue weighted by atomic mass is 10.1. The Bertz CT molecular complexity index is 808. The van der Waals surface area contributed by atoms with Gasteiger partial charge in [0, 0.05) is 5.56 Å². The number of aromatic carboxylic acids is 1. The van der Waals surface area contributed by atoms with Gasteiger partial charge in [0.05, 0.1) is 27.4 Å². The molecule has 1 amide bonds. The van der Waals surface area contributed by atoms with E-state index in [1.807, 2.05) is 13.8 Å². The Morgan fingerprint density at radius 2 is 1.92 bits per heavy atom. The summed E-state index contributed by atoms with van der Waals surface area (Å²) in [4.78, 5) is 23.6. The summed E-state index contributed by atoms with van der Waals surface area (Å²) in [7, 11) is 0. The first-order valence-electron chi connectivity index (χ1n) is 7.62. The van der Waals surface area contributed by atoms with Crippen molar-refractivity contribution in [2.75, 3.05) is 5.32 Å². The van der Waals surface area contributed by atoms with Crippen molar-refractivity contribution in [3.63, 3.8) is 0 Å². The number of anilines is 1. The minimum Gasteiger partial charge on any atom is -0.491 e. The third kappa shape index (κ3) is 4.87. The van der Waals surface area contributed by atoms with Crippen LogP contribution < -0.4 is 10.1 Å². The molecule has 2 rings (SSSR count). The van der Waals surface area contributed by atoms with E-state index in [0.717, 1.165) is 6.42 Å². The fraction of sp³-hybridized carbons (Fsp3) is 0.222. The highest BCUT2D eigenvalue weighted by Crippen LogP contribution is 2.30. The van der Waals surface area contributed by atoms with E-state index in [4.69, 9.17) is 33.0 Å². The van der Waals surface area contributed by atoms with E-state index < -0.39 is 11.9 Å². The molecule has 0 aromatic heterocycles. The number of hydrogen-bond donors (Lipinski definition) is 2. The molecule has 0 fully saturated rings. The lowest BCUT2D eigenvalue weighted by molar-refractivity contribution is 0.0696. The standard InChI is InChI=1S/C18H17Cl2NO4/c1-3-10(2)25-12-6-4-5-11(7-12)17(22)21-16-8-13(18(23)24)14(19)9-15(16)20/h4-10H,3H2,1-2H3,(H,21,22)(H,23,24)/t10-/m0/s1. The third-order valence-corrected chi connectivity index (χ3v) is 4.17. The number of hydrogen-bond acceptors (Lipinski definition) is 3. The zero-order valence-electron chi connectivity index (χ0n) is 13.7. The summed E-state index contributed by atoms with van der Waals surface area (Å²) in [6.07, 6.45) is 0.872. The molecule has 1 atom stereocenters. The molecule has 0 saturated heterocycles. The average Bonchev–Trinajstić information content (AvgIpc) is 2.57. The van der Waals surface area contributed by atoms with Gasteiger partial charge in [-0.15, -0.1) is 0 Å². The minimum atomic E-state index is -1.21. The molecule has 0 radical (unpaired) electrons. The van der Waals surface area contributed by atoms with Crippen molar-refractivity contribution < 1.29 is 19.4 Å². The van der Waals surface area contributed by atoms with Crippen LogP contribution in [0.3, 0.4) is 0 Å². The average molecular weight is 382 g/mol. The summed E-state index contributed by atoms with van der Waals surface area (Å²) >= 11 is 11.9. The predicted molar refractivity (Wildman–Crippen MR) is 98.2 cm³/mol. The summed E-state index contributed by atoms with van der Waals surface area (Å²) in [6, 6.07) is 9.22. The zero-order valence-corrected chi connectivity index (χ0v) is 15.2. The van der Waals surface area contributed by atoms with Crippen molar-refractivity contribution in [3.05, 3.63) is 57.6 Å². The Morgan fingerprint density at radius 3 is 2.56 bits per heavy atom. The van der Waals surface area contributed by atoms with Crippen LogP contribution in [0.15, 0.2) is 36.4 Å². The maximum Gasteiger partial charge on any atom is 0.337 e. The van der Waals surface area contributed by atoms with Crippen LogP contribution >= 0.6 is 23.2 Å². The van der Waals surface area contributed by atoms with Gasteiger partial charge in [-0.2, -0.15) is 0 Å². The zero-order chi connectivity index (χ0) is 18.6. The second kappa shape index (κ2) is 8.23. The van der Waals surface area contributed by atoms with E-state index in [9.17, 15) is 9.59 Å². The first-order valence-corrected chi connectivity index (χ1v) is 8.37. The molecule has 2 aromatic rings. The van der Waals surface area contributed by atoms with Gasteiger partial charge in [-0.3, -0.25) is 4.79 Å². The Balaban J connectivity index is 2.24. The highest BCUT2D eigenvalue weighted by molar-refractivity contribution is 6.38. The number of nitrogens with one attached hydrogen (secondary N) is 1. The van der Waals surface area contributed by atoms with Crippen LogP contribution in [0.5, 0.6) is 5.75 Å². The molecule has 7 heteroatoms. The molecule has 0 aliphatic heterocycles. The topological polar surface area (TPSA) is 75.6 Å². The molecule has 2 N–H and O–H groups in total. The summed E-state index contributed by atoms with van der Waals surface area (Å²) in [5, 5.41) is 11.9. The molecular formula is C18H17Cl2NO4. The molecule has 0 heterocycles. The quantitative estimate of drug-likeness (QED) is 0.727. The first-order chi connectivity index (χ1) is 11.8. The van der Waals surface area contributed by atoms with Crippen molar-refractivity contribution >= 4 is 40.8 Å². The van der Waals surface area contributed by atoms with Crippen LogP contribution in [0.1, 0.15) is 41.0 Å². The molecule has 0 spiro atoms. The van der Waals surface area contributed by atoms with Gasteiger partial charge in [0.15, 0.2) is 0 Å². The molecule has 5 nitrogen and oxygen atoms in total. The Morgan fingerprint density at radius 1 is 1.20 bits per heavy atom. The number of carbonyl (C=O) groups is 2. The molecule has 0 aliphatic carbocycles. The van der Waals surface area contributed by atoms with Gasteiger partial charge < -0.3 is 15.2 Å². The second-order valence-corrected chi connectivity index (χ2v) is 6.25. The van der Waals surface area contributed by atoms with Crippen LogP contribution in [0.25, 0.3) is 0 Å². The van der Waals surface area contributed by atoms with Crippen LogP contribution in [0.2, 0.25) is 10.0 Å². The van der Waals surface area contributed by atoms with Crippen molar-refractivity contribution in [2.45, 2.75) is 26.4 Å². The van der Waals surface area contributed by atoms with Crippen LogP contribution in [0, 0.1) is 0 Å². The highest BCUT2D eigenvalue weighted by Gasteiger charge is 2.16. The van der Waals surface area contributed by atoms with Gasteiger partial charge >= 0.3 is 5.97 Å². The number of carboxylic acid groups (broad SMARTS) is 1. The minimum absolute atomic E-state index is 0.000510. The maximum absolute atomic E-state index is 12.4. The van der Waals surface area contributed by atoms with Gasteiger partial charge in [0.2, 0.25) is 0 Å². The maximum atomic E-state index is 12.4. The van der Waals surface area contributed by atoms with E-state index in [1.54, 1.807) is 24.3 Å². The number of amides is 1. The van der Waals surface area contributed by atoms with Crippen LogP contribution in [-0.2, 0) is 0 Å². The van der Waals surface area contributed by atoms with Crippen molar-refractivity contribution in [2.24, 2.45) is 0 Å². The third-order valence-electron chi connectivity index (χ3n) is 3.54. The van der Waals surface area contributed by atoms with Gasteiger partial charge in [0.1, 0.15) is 5.75 Å². The van der Waals surface area contributed by atoms with E-state index in [-0.39, 0.29) is 27.4 Å². The van der Waals surface area contributed by atoms with Gasteiger partial charge in [-0.1, -0.05) is 36.2 Å². The van der Waals surface area contributed by atoms with Gasteiger partial charge in [-0.25, -0.2) is 4.79 Å². The molecule has 0 aliphatic rings. The molecular weight excluding hydrogens is 365 g/mol. The number of rotatable bonds is 6. The molecule has 0 bridgehead atoms. The second-order valence-electron chi connectivity index (χ2n) is 5.44. The predicted octanol–water partition coefficient (Wildman–Crippen LogP) is 5.12. The number of halogens is 2. The Labute approximate surface area is 155 Å².